The Morgan fingerprint density at radius 2 is 2.17 bits per heavy atom. The Balaban J connectivity index is 2.79. The number of rotatable bonds is 0. The van der Waals surface area contributed by atoms with Gasteiger partial charge in [-0.05, 0) is 12.1 Å². The molecule has 0 spiro atoms. The Kier molecular flexibility index (Phi) is 1.30. The first kappa shape index (κ1) is 6.78. The number of nitrogens with two attached hydrogens (primary N) is 1. The lowest BCUT2D eigenvalue weighted by Gasteiger charge is -1.91. The molecule has 0 aliphatic heterocycles. The highest BCUT2D eigenvalue weighted by Gasteiger charge is 2.05. The fourth-order valence-corrected chi connectivity index (χ4v) is 1.03. The highest BCUT2D eigenvalue weighted by Crippen LogP contribution is 2.08. The van der Waals surface area contributed by atoms with Crippen LogP contribution in [0, 0.1) is 0 Å². The Hall–Kier alpha value is -1.91. The number of fused-ring (bicyclic) bond motifs is 1. The van der Waals surface area contributed by atoms with Gasteiger partial charge in [-0.2, -0.15) is 4.68 Å². The third kappa shape index (κ3) is 0.833. The van der Waals surface area contributed by atoms with Crippen molar-refractivity contribution in [2.24, 2.45) is 5.73 Å². The third-order valence-corrected chi connectivity index (χ3v) is 1.56. The molecule has 0 aliphatic rings. The van der Waals surface area contributed by atoms with Crippen LogP contribution in [-0.2, 0) is 0 Å². The van der Waals surface area contributed by atoms with Crippen LogP contribution >= 0.6 is 0 Å². The van der Waals surface area contributed by atoms with Crippen molar-refractivity contribution in [2.45, 2.75) is 0 Å². The first-order chi connectivity index (χ1) is 5.79. The summed E-state index contributed by atoms with van der Waals surface area (Å²) < 4.78 is 1.06. The van der Waals surface area contributed by atoms with Crippen molar-refractivity contribution >= 4 is 17.1 Å². The fraction of sp³-hybridized carbons (Fsp3) is 0. The molecule has 2 rings (SSSR count). The molecule has 2 N–H and O–H groups in total. The van der Waals surface area contributed by atoms with Gasteiger partial charge in [0.2, 0.25) is 0 Å². The van der Waals surface area contributed by atoms with E-state index in [1.54, 1.807) is 18.2 Å². The summed E-state index contributed by atoms with van der Waals surface area (Å²) in [4.78, 5) is 10.8. The van der Waals surface area contributed by atoms with Gasteiger partial charge in [-0.25, -0.2) is 4.79 Å². The molecule has 0 radical (unpaired) electrons. The monoisotopic (exact) mass is 162 g/mol. The zero-order valence-electron chi connectivity index (χ0n) is 6.14. The van der Waals surface area contributed by atoms with Crippen LogP contribution in [0.5, 0.6) is 0 Å². The van der Waals surface area contributed by atoms with Gasteiger partial charge in [-0.15, -0.1) is 5.10 Å². The van der Waals surface area contributed by atoms with Crippen molar-refractivity contribution in [2.75, 3.05) is 0 Å². The van der Waals surface area contributed by atoms with Crippen molar-refractivity contribution < 1.29 is 4.79 Å². The van der Waals surface area contributed by atoms with E-state index in [2.05, 4.69) is 10.3 Å². The second-order valence-corrected chi connectivity index (χ2v) is 2.33. The van der Waals surface area contributed by atoms with Crippen LogP contribution in [-0.4, -0.2) is 21.0 Å². The first-order valence-corrected chi connectivity index (χ1v) is 3.39. The van der Waals surface area contributed by atoms with E-state index in [1.165, 1.54) is 0 Å². The van der Waals surface area contributed by atoms with Gasteiger partial charge < -0.3 is 5.73 Å². The van der Waals surface area contributed by atoms with Gasteiger partial charge >= 0.3 is 6.03 Å². The Bertz CT molecular complexity index is 434. The molecule has 2 aromatic rings. The second-order valence-electron chi connectivity index (χ2n) is 2.33. The van der Waals surface area contributed by atoms with E-state index < -0.39 is 6.03 Å². The molecule has 1 amide bonds. The average molecular weight is 162 g/mol. The van der Waals surface area contributed by atoms with Gasteiger partial charge in [0.1, 0.15) is 5.52 Å². The number of nitrogens with zero attached hydrogens (tertiary/aromatic N) is 3. The topological polar surface area (TPSA) is 73.8 Å². The maximum atomic E-state index is 10.8. The number of primary amides is 1. The second kappa shape index (κ2) is 2.30. The molecule has 0 saturated carbocycles. The molecular formula is C7H6N4O. The number of aromatic nitrogens is 3. The van der Waals surface area contributed by atoms with E-state index in [0.29, 0.717) is 11.0 Å². The fourth-order valence-electron chi connectivity index (χ4n) is 1.03. The van der Waals surface area contributed by atoms with E-state index in [-0.39, 0.29) is 0 Å². The Morgan fingerprint density at radius 3 is 2.92 bits per heavy atom. The quantitative estimate of drug-likeness (QED) is 0.607. The summed E-state index contributed by atoms with van der Waals surface area (Å²) in [6.45, 7) is 0. The predicted molar refractivity (Wildman–Crippen MR) is 42.5 cm³/mol. The van der Waals surface area contributed by atoms with E-state index in [1.807, 2.05) is 6.07 Å². The summed E-state index contributed by atoms with van der Waals surface area (Å²) in [6, 6.07) is 6.50. The minimum Gasteiger partial charge on any atom is -0.350 e. The first-order valence-electron chi connectivity index (χ1n) is 3.39. The van der Waals surface area contributed by atoms with Crippen molar-refractivity contribution in [3.8, 4) is 0 Å². The molecule has 0 bridgehead atoms. The molecule has 0 fully saturated rings. The molecule has 5 heteroatoms. The van der Waals surface area contributed by atoms with Gasteiger partial charge in [-0.1, -0.05) is 17.3 Å². The number of para-hydroxylation sites is 1. The van der Waals surface area contributed by atoms with Crippen LogP contribution in [0.15, 0.2) is 24.3 Å². The number of benzene rings is 1. The van der Waals surface area contributed by atoms with Crippen LogP contribution in [0.1, 0.15) is 0 Å². The summed E-state index contributed by atoms with van der Waals surface area (Å²) in [5, 5.41) is 7.34. The van der Waals surface area contributed by atoms with Crippen LogP contribution in [0.25, 0.3) is 11.0 Å². The minimum absolute atomic E-state index is 0.622. The summed E-state index contributed by atoms with van der Waals surface area (Å²) in [6.07, 6.45) is 0. The highest BCUT2D eigenvalue weighted by molar-refractivity contribution is 5.86. The SMILES string of the molecule is NC(=O)n1nnc2ccccc21. The van der Waals surface area contributed by atoms with Gasteiger partial charge in [0.25, 0.3) is 0 Å². The zero-order chi connectivity index (χ0) is 8.55. The summed E-state index contributed by atoms with van der Waals surface area (Å²) in [5.74, 6) is 0. The maximum Gasteiger partial charge on any atom is 0.341 e. The average Bonchev–Trinajstić information content (AvgIpc) is 2.47. The summed E-state index contributed by atoms with van der Waals surface area (Å²) in [7, 11) is 0. The number of amides is 1. The molecule has 60 valence electrons. The van der Waals surface area contributed by atoms with Crippen molar-refractivity contribution in [1.29, 1.82) is 0 Å². The van der Waals surface area contributed by atoms with Crippen molar-refractivity contribution in [3.05, 3.63) is 24.3 Å². The van der Waals surface area contributed by atoms with E-state index in [9.17, 15) is 4.79 Å². The zero-order valence-corrected chi connectivity index (χ0v) is 6.14. The number of hydrogen-bond acceptors (Lipinski definition) is 3. The Morgan fingerprint density at radius 1 is 1.42 bits per heavy atom. The van der Waals surface area contributed by atoms with Crippen molar-refractivity contribution in [1.82, 2.24) is 15.0 Å². The minimum atomic E-state index is -0.622. The molecule has 1 heterocycles. The third-order valence-electron chi connectivity index (χ3n) is 1.56. The largest absolute Gasteiger partial charge is 0.350 e. The van der Waals surface area contributed by atoms with Crippen LogP contribution in [0.4, 0.5) is 4.79 Å². The molecule has 0 atom stereocenters. The van der Waals surface area contributed by atoms with E-state index in [0.717, 1.165) is 4.68 Å². The predicted octanol–water partition coefficient (Wildman–Crippen LogP) is 0.358. The van der Waals surface area contributed by atoms with E-state index >= 15 is 0 Å². The van der Waals surface area contributed by atoms with Gasteiger partial charge in [0.05, 0.1) is 5.52 Å². The molecule has 1 aromatic heterocycles. The standard InChI is InChI=1S/C7H6N4O/c8-7(12)11-6-4-2-1-3-5(6)9-10-11/h1-4H,(H2,8,12). The molecular weight excluding hydrogens is 156 g/mol. The van der Waals surface area contributed by atoms with Crippen LogP contribution < -0.4 is 5.73 Å². The van der Waals surface area contributed by atoms with E-state index in [4.69, 9.17) is 5.73 Å². The van der Waals surface area contributed by atoms with Crippen LogP contribution in [0.3, 0.4) is 0 Å². The normalized spacial score (nSPS) is 10.3. The highest BCUT2D eigenvalue weighted by atomic mass is 16.2. The lowest BCUT2D eigenvalue weighted by molar-refractivity contribution is 0.248. The lowest BCUT2D eigenvalue weighted by Crippen LogP contribution is -2.20. The maximum absolute atomic E-state index is 10.8. The van der Waals surface area contributed by atoms with Gasteiger partial charge in [-0.3, -0.25) is 0 Å². The summed E-state index contributed by atoms with van der Waals surface area (Å²) >= 11 is 0. The molecule has 0 unspecified atom stereocenters. The Labute approximate surface area is 67.8 Å². The number of carbonyl (C=O) groups is 1. The van der Waals surface area contributed by atoms with Gasteiger partial charge in [0.15, 0.2) is 0 Å². The summed E-state index contributed by atoms with van der Waals surface area (Å²) in [5.41, 5.74) is 6.34. The molecule has 1 aromatic carbocycles. The van der Waals surface area contributed by atoms with Crippen molar-refractivity contribution in [3.63, 3.8) is 0 Å². The van der Waals surface area contributed by atoms with Gasteiger partial charge in [0, 0.05) is 0 Å². The molecule has 12 heavy (non-hydrogen) atoms. The van der Waals surface area contributed by atoms with Crippen LogP contribution in [0.2, 0.25) is 0 Å². The number of hydrogen-bond donors (Lipinski definition) is 1. The molecule has 0 aliphatic carbocycles. The molecule has 5 nitrogen and oxygen atoms in total. The lowest BCUT2D eigenvalue weighted by atomic mass is 10.3. The smallest absolute Gasteiger partial charge is 0.341 e. The molecule has 0 saturated heterocycles. The number of carbonyl (C=O) groups excluding carboxylic acids is 1.